The second-order valence-electron chi connectivity index (χ2n) is 11.1. The summed E-state index contributed by atoms with van der Waals surface area (Å²) in [5.41, 5.74) is 5.74. The Bertz CT molecular complexity index is 1430. The molecule has 0 radical (unpaired) electrons. The minimum atomic E-state index is -2.54. The first-order chi connectivity index (χ1) is 22.4. The van der Waals surface area contributed by atoms with Crippen LogP contribution < -0.4 is 14.2 Å². The lowest BCUT2D eigenvalue weighted by atomic mass is 9.83. The molecule has 0 aliphatic heterocycles. The number of nitrogens with zero attached hydrogens (tertiary/aromatic N) is 1. The molecule has 2 aromatic carbocycles. The minimum absolute atomic E-state index is 0.184. The molecule has 0 spiro atoms. The predicted molar refractivity (Wildman–Crippen MR) is 202 cm³/mol. The number of allylic oxidation sites excluding steroid dienone is 7. The summed E-state index contributed by atoms with van der Waals surface area (Å²) >= 11 is 0. The number of ether oxygens (including phenoxy) is 2. The van der Waals surface area contributed by atoms with Crippen molar-refractivity contribution in [3.63, 3.8) is 0 Å². The highest BCUT2D eigenvalue weighted by atomic mass is 32.2. The molecule has 5 nitrogen and oxygen atoms in total. The van der Waals surface area contributed by atoms with Crippen LogP contribution in [-0.4, -0.2) is 36.6 Å². The van der Waals surface area contributed by atoms with E-state index in [9.17, 15) is 4.21 Å². The Kier molecular flexibility index (Phi) is 17.9. The number of hydrogen-bond donors (Lipinski definition) is 1. The SMILES string of the molecule is C=S(=O)(Cc1ccccc1)NC1=CCC(C(CC/C(=C/C=NC)CC)c2ccc(OC)c(OC3CCCC3)c2)=CC=C1.CC.CC. The Morgan fingerprint density at radius 1 is 1.09 bits per heavy atom. The van der Waals surface area contributed by atoms with Crippen molar-refractivity contribution in [2.24, 2.45) is 4.99 Å². The normalized spacial score (nSPS) is 16.9. The van der Waals surface area contributed by atoms with Crippen molar-refractivity contribution >= 4 is 21.8 Å². The van der Waals surface area contributed by atoms with Crippen LogP contribution in [0.1, 0.15) is 103 Å². The van der Waals surface area contributed by atoms with Crippen molar-refractivity contribution in [3.8, 4) is 11.5 Å². The van der Waals surface area contributed by atoms with Crippen LogP contribution in [0.5, 0.6) is 11.5 Å². The second kappa shape index (κ2) is 21.3. The van der Waals surface area contributed by atoms with Crippen molar-refractivity contribution in [2.45, 2.75) is 104 Å². The van der Waals surface area contributed by atoms with Crippen molar-refractivity contribution in [3.05, 3.63) is 107 Å². The molecule has 4 rings (SSSR count). The van der Waals surface area contributed by atoms with Crippen LogP contribution >= 0.6 is 0 Å². The molecule has 6 heteroatoms. The molecule has 2 aliphatic rings. The molecule has 2 aromatic rings. The van der Waals surface area contributed by atoms with Gasteiger partial charge in [-0.05, 0) is 92.6 Å². The van der Waals surface area contributed by atoms with Crippen LogP contribution in [0.2, 0.25) is 0 Å². The summed E-state index contributed by atoms with van der Waals surface area (Å²) in [6.45, 7) is 10.2. The summed E-state index contributed by atoms with van der Waals surface area (Å²) in [4.78, 5) is 4.16. The Morgan fingerprint density at radius 2 is 1.80 bits per heavy atom. The number of aliphatic imine (C=N–C) groups is 1. The van der Waals surface area contributed by atoms with Gasteiger partial charge in [-0.15, -0.1) is 0 Å². The van der Waals surface area contributed by atoms with Gasteiger partial charge in [-0.25, -0.2) is 4.21 Å². The quantitative estimate of drug-likeness (QED) is 0.164. The molecule has 2 atom stereocenters. The number of hydrogen-bond acceptors (Lipinski definition) is 4. The first-order valence-electron chi connectivity index (χ1n) is 17.1. The van der Waals surface area contributed by atoms with E-state index in [1.54, 1.807) is 14.2 Å². The lowest BCUT2D eigenvalue weighted by Crippen LogP contribution is -2.23. The minimum Gasteiger partial charge on any atom is -0.493 e. The number of nitrogens with one attached hydrogen (secondary N) is 1. The van der Waals surface area contributed by atoms with Crippen LogP contribution in [0.3, 0.4) is 0 Å². The lowest BCUT2D eigenvalue weighted by Gasteiger charge is -2.23. The van der Waals surface area contributed by atoms with Crippen molar-refractivity contribution in [1.29, 1.82) is 0 Å². The maximum Gasteiger partial charge on any atom is 0.161 e. The van der Waals surface area contributed by atoms with Crippen LogP contribution in [-0.2, 0) is 15.5 Å². The molecule has 46 heavy (non-hydrogen) atoms. The highest BCUT2D eigenvalue weighted by molar-refractivity contribution is 7.97. The Balaban J connectivity index is 0.00000177. The van der Waals surface area contributed by atoms with E-state index in [1.165, 1.54) is 29.6 Å². The third-order valence-corrected chi connectivity index (χ3v) is 9.40. The summed E-state index contributed by atoms with van der Waals surface area (Å²) in [5.74, 6) is 6.20. The molecule has 0 saturated heterocycles. The number of rotatable bonds is 14. The third-order valence-electron chi connectivity index (χ3n) is 7.99. The van der Waals surface area contributed by atoms with Gasteiger partial charge in [-0.2, -0.15) is 0 Å². The van der Waals surface area contributed by atoms with Crippen LogP contribution in [0, 0.1) is 0 Å². The third kappa shape index (κ3) is 12.7. The van der Waals surface area contributed by atoms with Crippen LogP contribution in [0.15, 0.2) is 101 Å². The first-order valence-corrected chi connectivity index (χ1v) is 19.0. The average molecular weight is 647 g/mol. The van der Waals surface area contributed by atoms with Crippen molar-refractivity contribution in [2.75, 3.05) is 14.2 Å². The fourth-order valence-corrected chi connectivity index (χ4v) is 7.09. The highest BCUT2D eigenvalue weighted by Gasteiger charge is 2.22. The fourth-order valence-electron chi connectivity index (χ4n) is 5.71. The molecular weight excluding hydrogens is 589 g/mol. The van der Waals surface area contributed by atoms with Gasteiger partial charge in [-0.3, -0.25) is 4.99 Å². The van der Waals surface area contributed by atoms with Crippen LogP contribution in [0.25, 0.3) is 0 Å². The monoisotopic (exact) mass is 646 g/mol. The molecular formula is C40H58N2O3S. The molecule has 1 N–H and O–H groups in total. The van der Waals surface area contributed by atoms with Gasteiger partial charge >= 0.3 is 0 Å². The lowest BCUT2D eigenvalue weighted by molar-refractivity contribution is 0.200. The van der Waals surface area contributed by atoms with E-state index in [2.05, 4.69) is 58.9 Å². The molecule has 2 aliphatic carbocycles. The molecule has 1 fully saturated rings. The van der Waals surface area contributed by atoms with Crippen molar-refractivity contribution < 1.29 is 13.7 Å². The van der Waals surface area contributed by atoms with Gasteiger partial charge in [0.05, 0.1) is 19.0 Å². The first kappa shape index (κ1) is 38.7. The summed E-state index contributed by atoms with van der Waals surface area (Å²) < 4.78 is 28.7. The predicted octanol–water partition coefficient (Wildman–Crippen LogP) is 10.2. The smallest absolute Gasteiger partial charge is 0.161 e. The van der Waals surface area contributed by atoms with Crippen molar-refractivity contribution in [1.82, 2.24) is 4.72 Å². The van der Waals surface area contributed by atoms with Gasteiger partial charge in [0.15, 0.2) is 11.5 Å². The zero-order valence-corrected chi connectivity index (χ0v) is 30.2. The molecule has 0 bridgehead atoms. The van der Waals surface area contributed by atoms with E-state index in [-0.39, 0.29) is 12.0 Å². The average Bonchev–Trinajstić information content (AvgIpc) is 3.49. The Labute approximate surface area is 280 Å². The molecule has 252 valence electrons. The summed E-state index contributed by atoms with van der Waals surface area (Å²) in [7, 11) is 0.970. The molecule has 0 amide bonds. The maximum atomic E-state index is 13.4. The van der Waals surface area contributed by atoms with Gasteiger partial charge in [0.1, 0.15) is 0 Å². The van der Waals surface area contributed by atoms with E-state index >= 15 is 0 Å². The second-order valence-corrected chi connectivity index (χ2v) is 13.2. The summed E-state index contributed by atoms with van der Waals surface area (Å²) in [5, 5.41) is 0. The maximum absolute atomic E-state index is 13.4. The van der Waals surface area contributed by atoms with Crippen LogP contribution in [0.4, 0.5) is 0 Å². The zero-order valence-electron chi connectivity index (χ0n) is 29.4. The largest absolute Gasteiger partial charge is 0.493 e. The zero-order chi connectivity index (χ0) is 33.8. The van der Waals surface area contributed by atoms with E-state index in [0.717, 1.165) is 61.3 Å². The summed E-state index contributed by atoms with van der Waals surface area (Å²) in [6, 6.07) is 16.3. The van der Waals surface area contributed by atoms with Gasteiger partial charge in [0, 0.05) is 34.6 Å². The molecule has 2 unspecified atom stereocenters. The van der Waals surface area contributed by atoms with E-state index in [1.807, 2.05) is 76.4 Å². The van der Waals surface area contributed by atoms with Gasteiger partial charge in [-0.1, -0.05) is 100 Å². The topological polar surface area (TPSA) is 59.9 Å². The number of methoxy groups -OCH3 is 1. The van der Waals surface area contributed by atoms with Gasteiger partial charge in [0.2, 0.25) is 0 Å². The highest BCUT2D eigenvalue weighted by Crippen LogP contribution is 2.39. The molecule has 0 heterocycles. The molecule has 1 saturated carbocycles. The number of benzene rings is 2. The van der Waals surface area contributed by atoms with E-state index in [0.29, 0.717) is 5.75 Å². The Hall–Kier alpha value is -3.51. The van der Waals surface area contributed by atoms with Gasteiger partial charge < -0.3 is 14.2 Å². The summed E-state index contributed by atoms with van der Waals surface area (Å²) in [6.07, 6.45) is 21.0. The standard InChI is InChI=1S/C36H46N2O3S.2C2H6/c1-5-28(24-25-37-2)18-22-34(31-20-23-35(40-3)36(26-31)41-33-16-9-10-17-33)30-14-11-15-32(21-19-30)38-42(4,39)27-29-12-7-6-8-13-29;2*1-2/h6-8,11-15,20-21,23-26,33-34H,4-5,9-10,16-19,22,27H2,1-3H3,(H,38,39);2*1-2H3/b28-24+,37-25?;;. The Morgan fingerprint density at radius 3 is 2.46 bits per heavy atom. The molecule has 0 aromatic heterocycles. The fraction of sp³-hybridized carbons (Fsp3) is 0.450. The van der Waals surface area contributed by atoms with E-state index in [4.69, 9.17) is 9.47 Å². The van der Waals surface area contributed by atoms with Gasteiger partial charge in [0.25, 0.3) is 0 Å². The van der Waals surface area contributed by atoms with E-state index < -0.39 is 9.71 Å².